The molecule has 0 aliphatic heterocycles. The van der Waals surface area contributed by atoms with E-state index in [2.05, 4.69) is 19.9 Å². The summed E-state index contributed by atoms with van der Waals surface area (Å²) in [6.07, 6.45) is 3.06. The van der Waals surface area contributed by atoms with Crippen LogP contribution in [0.4, 0.5) is 0 Å². The van der Waals surface area contributed by atoms with Gasteiger partial charge in [-0.1, -0.05) is 30.3 Å². The zero-order chi connectivity index (χ0) is 14.7. The van der Waals surface area contributed by atoms with Gasteiger partial charge in [0.1, 0.15) is 23.6 Å². The Bertz CT molecular complexity index is 721. The van der Waals surface area contributed by atoms with Crippen LogP contribution in [0.2, 0.25) is 0 Å². The number of carbonyl (C=O) groups is 1. The van der Waals surface area contributed by atoms with Crippen LogP contribution in [0.15, 0.2) is 42.9 Å². The molecular weight excluding hydrogens is 268 g/mol. The van der Waals surface area contributed by atoms with Gasteiger partial charge in [0.2, 0.25) is 0 Å². The lowest BCUT2D eigenvalue weighted by molar-refractivity contribution is -0.144. The first-order chi connectivity index (χ1) is 10.3. The number of hydrogen-bond donors (Lipinski definition) is 1. The molecule has 0 spiro atoms. The average molecular weight is 282 g/mol. The molecule has 0 bridgehead atoms. The van der Waals surface area contributed by atoms with Crippen molar-refractivity contribution >= 4 is 17.1 Å². The molecule has 1 N–H and O–H groups in total. The van der Waals surface area contributed by atoms with Crippen molar-refractivity contribution in [2.24, 2.45) is 0 Å². The SMILES string of the molecule is CCOC(=O)C(c1ccccc1)c1nc2ncncc2[nH]1. The fourth-order valence-corrected chi connectivity index (χ4v) is 2.19. The van der Waals surface area contributed by atoms with Crippen LogP contribution in [0.1, 0.15) is 24.2 Å². The van der Waals surface area contributed by atoms with Crippen molar-refractivity contribution in [1.29, 1.82) is 0 Å². The minimum atomic E-state index is -0.597. The normalized spacial score (nSPS) is 12.2. The van der Waals surface area contributed by atoms with Gasteiger partial charge in [-0.05, 0) is 12.5 Å². The zero-order valence-corrected chi connectivity index (χ0v) is 11.5. The molecule has 3 rings (SSSR count). The van der Waals surface area contributed by atoms with Crippen LogP contribution in [0.3, 0.4) is 0 Å². The van der Waals surface area contributed by atoms with Crippen LogP contribution in [0.25, 0.3) is 11.2 Å². The number of H-pyrrole nitrogens is 1. The van der Waals surface area contributed by atoms with Gasteiger partial charge >= 0.3 is 5.97 Å². The largest absolute Gasteiger partial charge is 0.465 e. The molecule has 0 radical (unpaired) electrons. The van der Waals surface area contributed by atoms with Gasteiger partial charge in [-0.2, -0.15) is 0 Å². The maximum Gasteiger partial charge on any atom is 0.321 e. The third-order valence-electron chi connectivity index (χ3n) is 3.11. The molecule has 0 amide bonds. The Hall–Kier alpha value is -2.76. The standard InChI is InChI=1S/C15H14N4O2/c1-2-21-15(20)12(10-6-4-3-5-7-10)14-18-11-8-16-9-17-13(11)19-14/h3-9,12H,2H2,1H3,(H,16,17,18,19). The molecule has 6 heteroatoms. The van der Waals surface area contributed by atoms with Gasteiger partial charge in [0.25, 0.3) is 0 Å². The lowest BCUT2D eigenvalue weighted by atomic mass is 9.98. The number of esters is 1. The molecular formula is C15H14N4O2. The number of imidazole rings is 1. The highest BCUT2D eigenvalue weighted by Crippen LogP contribution is 2.25. The average Bonchev–Trinajstić information content (AvgIpc) is 2.92. The number of nitrogens with one attached hydrogen (secondary N) is 1. The molecule has 1 unspecified atom stereocenters. The number of carbonyl (C=O) groups excluding carboxylic acids is 1. The van der Waals surface area contributed by atoms with Gasteiger partial charge in [-0.15, -0.1) is 0 Å². The van der Waals surface area contributed by atoms with Crippen molar-refractivity contribution in [3.63, 3.8) is 0 Å². The van der Waals surface area contributed by atoms with E-state index in [4.69, 9.17) is 4.74 Å². The molecule has 6 nitrogen and oxygen atoms in total. The second-order valence-electron chi connectivity index (χ2n) is 4.48. The molecule has 3 aromatic rings. The maximum atomic E-state index is 12.3. The van der Waals surface area contributed by atoms with Crippen molar-refractivity contribution in [2.75, 3.05) is 6.61 Å². The Morgan fingerprint density at radius 1 is 1.33 bits per heavy atom. The molecule has 21 heavy (non-hydrogen) atoms. The number of rotatable bonds is 4. The van der Waals surface area contributed by atoms with E-state index in [1.54, 1.807) is 13.1 Å². The summed E-state index contributed by atoms with van der Waals surface area (Å²) in [5.41, 5.74) is 2.05. The van der Waals surface area contributed by atoms with Crippen LogP contribution in [-0.4, -0.2) is 32.5 Å². The molecule has 0 saturated heterocycles. The third-order valence-corrected chi connectivity index (χ3v) is 3.11. The smallest absolute Gasteiger partial charge is 0.321 e. The molecule has 0 aliphatic carbocycles. The van der Waals surface area contributed by atoms with E-state index in [0.717, 1.165) is 5.56 Å². The van der Waals surface area contributed by atoms with Crippen molar-refractivity contribution < 1.29 is 9.53 Å². The predicted molar refractivity (Wildman–Crippen MR) is 76.6 cm³/mol. The summed E-state index contributed by atoms with van der Waals surface area (Å²) in [6.45, 7) is 2.10. The maximum absolute atomic E-state index is 12.3. The Kier molecular flexibility index (Phi) is 3.59. The summed E-state index contributed by atoms with van der Waals surface area (Å²) >= 11 is 0. The highest BCUT2D eigenvalue weighted by molar-refractivity contribution is 5.82. The number of ether oxygens (including phenoxy) is 1. The van der Waals surface area contributed by atoms with Crippen molar-refractivity contribution in [3.05, 3.63) is 54.2 Å². The second kappa shape index (κ2) is 5.70. The molecule has 2 aromatic heterocycles. The molecule has 0 fully saturated rings. The second-order valence-corrected chi connectivity index (χ2v) is 4.48. The summed E-state index contributed by atoms with van der Waals surface area (Å²) < 4.78 is 5.17. The Labute approximate surface area is 121 Å². The van der Waals surface area contributed by atoms with E-state index >= 15 is 0 Å². The van der Waals surface area contributed by atoms with Crippen LogP contribution < -0.4 is 0 Å². The van der Waals surface area contributed by atoms with Crippen molar-refractivity contribution in [2.45, 2.75) is 12.8 Å². The van der Waals surface area contributed by atoms with Gasteiger partial charge < -0.3 is 9.72 Å². The number of hydrogen-bond acceptors (Lipinski definition) is 5. The lowest BCUT2D eigenvalue weighted by Gasteiger charge is -2.13. The van der Waals surface area contributed by atoms with E-state index < -0.39 is 5.92 Å². The molecule has 0 saturated carbocycles. The summed E-state index contributed by atoms with van der Waals surface area (Å²) in [6, 6.07) is 9.41. The highest BCUT2D eigenvalue weighted by Gasteiger charge is 2.27. The molecule has 1 atom stereocenters. The topological polar surface area (TPSA) is 80.8 Å². The minimum absolute atomic E-state index is 0.322. The Morgan fingerprint density at radius 2 is 2.14 bits per heavy atom. The first-order valence-corrected chi connectivity index (χ1v) is 6.66. The van der Waals surface area contributed by atoms with Gasteiger partial charge in [0.15, 0.2) is 5.65 Å². The number of aromatic nitrogens is 4. The lowest BCUT2D eigenvalue weighted by Crippen LogP contribution is -2.18. The van der Waals surface area contributed by atoms with Crippen LogP contribution >= 0.6 is 0 Å². The highest BCUT2D eigenvalue weighted by atomic mass is 16.5. The predicted octanol–water partition coefficient (Wildman–Crippen LogP) is 2.05. The molecule has 1 aromatic carbocycles. The van der Waals surface area contributed by atoms with E-state index in [1.165, 1.54) is 6.33 Å². The first kappa shape index (κ1) is 13.2. The van der Waals surface area contributed by atoms with Gasteiger partial charge in [0.05, 0.1) is 12.8 Å². The van der Waals surface area contributed by atoms with Gasteiger partial charge in [-0.3, -0.25) is 4.79 Å². The third kappa shape index (κ3) is 2.60. The zero-order valence-electron chi connectivity index (χ0n) is 11.5. The van der Waals surface area contributed by atoms with Gasteiger partial charge in [0, 0.05) is 0 Å². The summed E-state index contributed by atoms with van der Waals surface area (Å²) in [5.74, 6) is -0.425. The quantitative estimate of drug-likeness (QED) is 0.741. The van der Waals surface area contributed by atoms with E-state index in [-0.39, 0.29) is 5.97 Å². The van der Waals surface area contributed by atoms with Crippen molar-refractivity contribution in [3.8, 4) is 0 Å². The minimum Gasteiger partial charge on any atom is -0.465 e. The van der Waals surface area contributed by atoms with Crippen LogP contribution in [0.5, 0.6) is 0 Å². The summed E-state index contributed by atoms with van der Waals surface area (Å²) in [5, 5.41) is 0. The van der Waals surface area contributed by atoms with Crippen molar-refractivity contribution in [1.82, 2.24) is 19.9 Å². The monoisotopic (exact) mass is 282 g/mol. The van der Waals surface area contributed by atoms with Crippen LogP contribution in [-0.2, 0) is 9.53 Å². The van der Waals surface area contributed by atoms with E-state index in [0.29, 0.717) is 23.6 Å². The van der Waals surface area contributed by atoms with Crippen LogP contribution in [0, 0.1) is 0 Å². The molecule has 106 valence electrons. The molecule has 2 heterocycles. The summed E-state index contributed by atoms with van der Waals surface area (Å²) in [4.78, 5) is 27.8. The number of fused-ring (bicyclic) bond motifs is 1. The number of aromatic amines is 1. The number of nitrogens with zero attached hydrogens (tertiary/aromatic N) is 3. The Balaban J connectivity index is 2.08. The fraction of sp³-hybridized carbons (Fsp3) is 0.200. The number of benzene rings is 1. The Morgan fingerprint density at radius 3 is 2.86 bits per heavy atom. The summed E-state index contributed by atoms with van der Waals surface area (Å²) in [7, 11) is 0. The first-order valence-electron chi connectivity index (χ1n) is 6.66. The van der Waals surface area contributed by atoms with Gasteiger partial charge in [-0.25, -0.2) is 15.0 Å². The van der Waals surface area contributed by atoms with E-state index in [9.17, 15) is 4.79 Å². The molecule has 0 aliphatic rings. The fourth-order valence-electron chi connectivity index (χ4n) is 2.19. The van der Waals surface area contributed by atoms with E-state index in [1.807, 2.05) is 30.3 Å².